The summed E-state index contributed by atoms with van der Waals surface area (Å²) in [5.41, 5.74) is 5.60. The molecule has 0 aliphatic carbocycles. The van der Waals surface area contributed by atoms with Crippen LogP contribution in [0.1, 0.15) is 13.3 Å². The molecule has 0 aromatic rings. The number of piperidine rings is 1. The minimum Gasteiger partial charge on any atom is -0.330 e. The van der Waals surface area contributed by atoms with Gasteiger partial charge in [0.15, 0.2) is 0 Å². The van der Waals surface area contributed by atoms with E-state index in [4.69, 9.17) is 5.73 Å². The molecule has 1 aliphatic heterocycles. The first-order valence-electron chi connectivity index (χ1n) is 4.74. The van der Waals surface area contributed by atoms with Gasteiger partial charge in [0, 0.05) is 19.6 Å². The zero-order valence-electron chi connectivity index (χ0n) is 7.80. The van der Waals surface area contributed by atoms with Crippen molar-refractivity contribution in [2.45, 2.75) is 13.3 Å². The van der Waals surface area contributed by atoms with Gasteiger partial charge in [-0.25, -0.2) is 4.39 Å². The molecule has 1 rings (SSSR count). The van der Waals surface area contributed by atoms with Crippen LogP contribution in [0.25, 0.3) is 0 Å². The predicted octanol–water partition coefficient (Wildman–Crippen LogP) is 0.873. The highest BCUT2D eigenvalue weighted by Crippen LogP contribution is 2.20. The van der Waals surface area contributed by atoms with Gasteiger partial charge in [-0.2, -0.15) is 0 Å². The normalized spacial score (nSPS) is 32.2. The summed E-state index contributed by atoms with van der Waals surface area (Å²) in [6.45, 7) is 5.34. The molecule has 0 spiro atoms. The lowest BCUT2D eigenvalue weighted by atomic mass is 9.90. The molecule has 0 aromatic heterocycles. The van der Waals surface area contributed by atoms with Gasteiger partial charge < -0.3 is 10.6 Å². The molecule has 2 unspecified atom stereocenters. The molecule has 2 nitrogen and oxygen atoms in total. The second-order valence-electron chi connectivity index (χ2n) is 3.89. The Morgan fingerprint density at radius 1 is 1.50 bits per heavy atom. The van der Waals surface area contributed by atoms with Crippen molar-refractivity contribution >= 4 is 0 Å². The van der Waals surface area contributed by atoms with Crippen molar-refractivity contribution in [3.8, 4) is 0 Å². The number of nitrogens with zero attached hydrogens (tertiary/aromatic N) is 1. The summed E-state index contributed by atoms with van der Waals surface area (Å²) < 4.78 is 12.1. The molecule has 2 atom stereocenters. The molecule has 1 heterocycles. The fraction of sp³-hybridized carbons (Fsp3) is 1.00. The van der Waals surface area contributed by atoms with Gasteiger partial charge in [0.25, 0.3) is 0 Å². The van der Waals surface area contributed by atoms with Crippen LogP contribution in [0.4, 0.5) is 4.39 Å². The van der Waals surface area contributed by atoms with Crippen LogP contribution in [-0.4, -0.2) is 37.8 Å². The topological polar surface area (TPSA) is 29.3 Å². The zero-order chi connectivity index (χ0) is 8.97. The smallest absolute Gasteiger partial charge is 0.102 e. The van der Waals surface area contributed by atoms with E-state index in [9.17, 15) is 4.39 Å². The van der Waals surface area contributed by atoms with Gasteiger partial charge in [-0.1, -0.05) is 6.92 Å². The summed E-state index contributed by atoms with van der Waals surface area (Å²) in [5, 5.41) is 0. The largest absolute Gasteiger partial charge is 0.330 e. The minimum atomic E-state index is -0.232. The van der Waals surface area contributed by atoms with E-state index >= 15 is 0 Å². The SMILES string of the molecule is CC1CC(CN)CN(CCF)C1. The third kappa shape index (κ3) is 2.72. The molecule has 2 N–H and O–H groups in total. The van der Waals surface area contributed by atoms with Gasteiger partial charge in [0.05, 0.1) is 0 Å². The first kappa shape index (κ1) is 9.93. The number of likely N-dealkylation sites (tertiary alicyclic amines) is 1. The van der Waals surface area contributed by atoms with E-state index in [0.29, 0.717) is 18.4 Å². The third-order valence-corrected chi connectivity index (χ3v) is 2.56. The molecule has 0 amide bonds. The maximum absolute atomic E-state index is 12.1. The molecule has 0 bridgehead atoms. The van der Waals surface area contributed by atoms with Crippen molar-refractivity contribution in [2.24, 2.45) is 17.6 Å². The van der Waals surface area contributed by atoms with E-state index in [0.717, 1.165) is 19.6 Å². The maximum atomic E-state index is 12.1. The highest BCUT2D eigenvalue weighted by atomic mass is 19.1. The second-order valence-corrected chi connectivity index (χ2v) is 3.89. The highest BCUT2D eigenvalue weighted by molar-refractivity contribution is 4.77. The molecule has 0 saturated carbocycles. The van der Waals surface area contributed by atoms with Crippen LogP contribution in [0.5, 0.6) is 0 Å². The molecule has 3 heteroatoms. The Morgan fingerprint density at radius 3 is 2.83 bits per heavy atom. The first-order chi connectivity index (χ1) is 5.76. The lowest BCUT2D eigenvalue weighted by molar-refractivity contribution is 0.128. The predicted molar refractivity (Wildman–Crippen MR) is 48.7 cm³/mol. The van der Waals surface area contributed by atoms with E-state index in [1.807, 2.05) is 0 Å². The Labute approximate surface area is 73.9 Å². The molecular formula is C9H19FN2. The molecule has 1 fully saturated rings. The van der Waals surface area contributed by atoms with Crippen molar-refractivity contribution in [3.63, 3.8) is 0 Å². The Bertz CT molecular complexity index is 130. The number of nitrogens with two attached hydrogens (primary N) is 1. The zero-order valence-corrected chi connectivity index (χ0v) is 7.80. The van der Waals surface area contributed by atoms with Crippen LogP contribution in [0.15, 0.2) is 0 Å². The number of alkyl halides is 1. The standard InChI is InChI=1S/C9H19FN2/c1-8-4-9(5-11)7-12(6-8)3-2-10/h8-9H,2-7,11H2,1H3. The molecule has 1 saturated heterocycles. The summed E-state index contributed by atoms with van der Waals surface area (Å²) in [7, 11) is 0. The van der Waals surface area contributed by atoms with Crippen LogP contribution < -0.4 is 5.73 Å². The summed E-state index contributed by atoms with van der Waals surface area (Å²) in [6.07, 6.45) is 1.21. The van der Waals surface area contributed by atoms with Crippen LogP contribution in [0, 0.1) is 11.8 Å². The van der Waals surface area contributed by atoms with Gasteiger partial charge in [-0.3, -0.25) is 0 Å². The number of hydrogen-bond donors (Lipinski definition) is 1. The molecule has 1 aliphatic rings. The van der Waals surface area contributed by atoms with Crippen molar-refractivity contribution in [2.75, 3.05) is 32.9 Å². The summed E-state index contributed by atoms with van der Waals surface area (Å²) in [4.78, 5) is 2.19. The summed E-state index contributed by atoms with van der Waals surface area (Å²) in [5.74, 6) is 1.26. The Balaban J connectivity index is 2.34. The van der Waals surface area contributed by atoms with Gasteiger partial charge in [-0.05, 0) is 24.8 Å². The highest BCUT2D eigenvalue weighted by Gasteiger charge is 2.22. The molecule has 12 heavy (non-hydrogen) atoms. The summed E-state index contributed by atoms with van der Waals surface area (Å²) >= 11 is 0. The van der Waals surface area contributed by atoms with Crippen molar-refractivity contribution < 1.29 is 4.39 Å². The van der Waals surface area contributed by atoms with E-state index in [-0.39, 0.29) is 6.67 Å². The van der Waals surface area contributed by atoms with Crippen LogP contribution in [0.3, 0.4) is 0 Å². The maximum Gasteiger partial charge on any atom is 0.102 e. The van der Waals surface area contributed by atoms with Gasteiger partial charge in [0.2, 0.25) is 0 Å². The fourth-order valence-corrected chi connectivity index (χ4v) is 2.07. The van der Waals surface area contributed by atoms with Gasteiger partial charge in [0.1, 0.15) is 6.67 Å². The third-order valence-electron chi connectivity index (χ3n) is 2.56. The monoisotopic (exact) mass is 174 g/mol. The Kier molecular flexibility index (Phi) is 3.95. The van der Waals surface area contributed by atoms with E-state index in [2.05, 4.69) is 11.8 Å². The molecular weight excluding hydrogens is 155 g/mol. The average molecular weight is 174 g/mol. The van der Waals surface area contributed by atoms with Crippen molar-refractivity contribution in [1.29, 1.82) is 0 Å². The first-order valence-corrected chi connectivity index (χ1v) is 4.74. The average Bonchev–Trinajstić information content (AvgIpc) is 2.04. The molecule has 0 aromatic carbocycles. The van der Waals surface area contributed by atoms with Gasteiger partial charge in [-0.15, -0.1) is 0 Å². The van der Waals surface area contributed by atoms with Crippen LogP contribution in [-0.2, 0) is 0 Å². The Morgan fingerprint density at radius 2 is 2.25 bits per heavy atom. The second kappa shape index (κ2) is 4.77. The van der Waals surface area contributed by atoms with Crippen LogP contribution >= 0.6 is 0 Å². The van der Waals surface area contributed by atoms with Gasteiger partial charge >= 0.3 is 0 Å². The quantitative estimate of drug-likeness (QED) is 0.688. The molecule has 72 valence electrons. The molecule has 0 radical (unpaired) electrons. The Hall–Kier alpha value is -0.150. The number of halogens is 1. The lowest BCUT2D eigenvalue weighted by Crippen LogP contribution is -2.42. The lowest BCUT2D eigenvalue weighted by Gasteiger charge is -2.35. The minimum absolute atomic E-state index is 0.232. The van der Waals surface area contributed by atoms with Crippen molar-refractivity contribution in [3.05, 3.63) is 0 Å². The van der Waals surface area contributed by atoms with E-state index in [1.165, 1.54) is 6.42 Å². The fourth-order valence-electron chi connectivity index (χ4n) is 2.07. The van der Waals surface area contributed by atoms with Crippen molar-refractivity contribution in [1.82, 2.24) is 4.90 Å². The summed E-state index contributed by atoms with van der Waals surface area (Å²) in [6, 6.07) is 0. The van der Waals surface area contributed by atoms with E-state index < -0.39 is 0 Å². The van der Waals surface area contributed by atoms with Crippen LogP contribution in [0.2, 0.25) is 0 Å². The van der Waals surface area contributed by atoms with E-state index in [1.54, 1.807) is 0 Å². The number of rotatable bonds is 3. The number of hydrogen-bond acceptors (Lipinski definition) is 2.